The molecule has 2 aromatic rings. The van der Waals surface area contributed by atoms with Crippen LogP contribution in [0.15, 0.2) is 36.7 Å². The van der Waals surface area contributed by atoms with Crippen LogP contribution in [0.3, 0.4) is 0 Å². The van der Waals surface area contributed by atoms with E-state index in [0.717, 1.165) is 5.56 Å². The van der Waals surface area contributed by atoms with E-state index in [-0.39, 0.29) is 18.5 Å². The maximum Gasteiger partial charge on any atom is 0.244 e. The number of tetrazole rings is 1. The van der Waals surface area contributed by atoms with Crippen LogP contribution in [0.2, 0.25) is 0 Å². The molecule has 0 atom stereocenters. The van der Waals surface area contributed by atoms with Gasteiger partial charge in [-0.05, 0) is 29.8 Å². The van der Waals surface area contributed by atoms with Crippen LogP contribution < -0.4 is 0 Å². The zero-order valence-electron chi connectivity index (χ0n) is 11.1. The van der Waals surface area contributed by atoms with Gasteiger partial charge in [0.15, 0.2) is 0 Å². The number of amides is 1. The molecule has 1 aromatic carbocycles. The normalized spacial score (nSPS) is 10.7. The molecule has 6 heteroatoms. The summed E-state index contributed by atoms with van der Waals surface area (Å²) in [6.45, 7) is 4.76. The standard InChI is InChI=1S/C13H17N5O/c1-11(2)18(8-12-6-4-3-5-7-12)13(19)9-17-10-14-15-16-17/h3-7,10-11H,8-9H2,1-2H3. The first-order valence-corrected chi connectivity index (χ1v) is 6.21. The zero-order chi connectivity index (χ0) is 13.7. The second kappa shape index (κ2) is 6.08. The van der Waals surface area contributed by atoms with Crippen LogP contribution in [0.5, 0.6) is 0 Å². The molecule has 0 radical (unpaired) electrons. The van der Waals surface area contributed by atoms with Crippen molar-refractivity contribution in [3.63, 3.8) is 0 Å². The summed E-state index contributed by atoms with van der Waals surface area (Å²) in [5.74, 6) is 0.00570. The summed E-state index contributed by atoms with van der Waals surface area (Å²) in [6, 6.07) is 10.1. The van der Waals surface area contributed by atoms with Crippen molar-refractivity contribution in [2.75, 3.05) is 0 Å². The van der Waals surface area contributed by atoms with Crippen LogP contribution in [0.4, 0.5) is 0 Å². The maximum atomic E-state index is 12.3. The summed E-state index contributed by atoms with van der Waals surface area (Å²) in [6.07, 6.45) is 1.44. The van der Waals surface area contributed by atoms with Crippen molar-refractivity contribution in [1.29, 1.82) is 0 Å². The second-order valence-electron chi connectivity index (χ2n) is 4.61. The van der Waals surface area contributed by atoms with E-state index in [0.29, 0.717) is 6.54 Å². The average Bonchev–Trinajstić information content (AvgIpc) is 2.89. The van der Waals surface area contributed by atoms with Crippen molar-refractivity contribution < 1.29 is 4.79 Å². The van der Waals surface area contributed by atoms with Gasteiger partial charge in [0.2, 0.25) is 5.91 Å². The van der Waals surface area contributed by atoms with Crippen molar-refractivity contribution in [1.82, 2.24) is 25.1 Å². The third kappa shape index (κ3) is 3.61. The predicted molar refractivity (Wildman–Crippen MR) is 69.9 cm³/mol. The number of aromatic nitrogens is 4. The molecule has 0 bridgehead atoms. The lowest BCUT2D eigenvalue weighted by Crippen LogP contribution is -2.38. The lowest BCUT2D eigenvalue weighted by atomic mass is 10.2. The minimum atomic E-state index is 0.00570. The first-order chi connectivity index (χ1) is 9.16. The number of rotatable bonds is 5. The summed E-state index contributed by atoms with van der Waals surface area (Å²) in [5, 5.41) is 10.8. The van der Waals surface area contributed by atoms with Crippen molar-refractivity contribution in [3.05, 3.63) is 42.2 Å². The van der Waals surface area contributed by atoms with Crippen molar-refractivity contribution in [2.24, 2.45) is 0 Å². The Morgan fingerprint density at radius 3 is 2.63 bits per heavy atom. The molecular formula is C13H17N5O. The molecule has 0 saturated heterocycles. The third-order valence-electron chi connectivity index (χ3n) is 2.83. The summed E-state index contributed by atoms with van der Waals surface area (Å²) in [5.41, 5.74) is 1.11. The molecule has 2 rings (SSSR count). The van der Waals surface area contributed by atoms with Gasteiger partial charge in [-0.15, -0.1) is 5.10 Å². The Labute approximate surface area is 112 Å². The highest BCUT2D eigenvalue weighted by molar-refractivity contribution is 5.76. The van der Waals surface area contributed by atoms with Crippen LogP contribution in [0.1, 0.15) is 19.4 Å². The molecule has 0 aliphatic carbocycles. The Balaban J connectivity index is 2.05. The average molecular weight is 259 g/mol. The van der Waals surface area contributed by atoms with E-state index >= 15 is 0 Å². The molecule has 0 N–H and O–H groups in total. The van der Waals surface area contributed by atoms with Gasteiger partial charge in [0.1, 0.15) is 12.9 Å². The van der Waals surface area contributed by atoms with Crippen LogP contribution in [-0.2, 0) is 17.9 Å². The Kier molecular flexibility index (Phi) is 4.22. The fraction of sp³-hybridized carbons (Fsp3) is 0.385. The van der Waals surface area contributed by atoms with E-state index in [1.165, 1.54) is 11.0 Å². The molecule has 1 aromatic heterocycles. The van der Waals surface area contributed by atoms with Crippen LogP contribution in [0.25, 0.3) is 0 Å². The molecule has 0 spiro atoms. The van der Waals surface area contributed by atoms with E-state index in [4.69, 9.17) is 0 Å². The number of nitrogens with zero attached hydrogens (tertiary/aromatic N) is 5. The largest absolute Gasteiger partial charge is 0.334 e. The van der Waals surface area contributed by atoms with Gasteiger partial charge in [-0.25, -0.2) is 4.68 Å². The second-order valence-corrected chi connectivity index (χ2v) is 4.61. The molecule has 0 unspecified atom stereocenters. The summed E-state index contributed by atoms with van der Waals surface area (Å²) in [4.78, 5) is 14.1. The molecule has 0 saturated carbocycles. The number of carbonyl (C=O) groups is 1. The number of benzene rings is 1. The number of hydrogen-bond donors (Lipinski definition) is 0. The van der Waals surface area contributed by atoms with Gasteiger partial charge in [-0.3, -0.25) is 4.79 Å². The SMILES string of the molecule is CC(C)N(Cc1ccccc1)C(=O)Cn1cnnn1. The van der Waals surface area contributed by atoms with Gasteiger partial charge in [0.05, 0.1) is 0 Å². The van der Waals surface area contributed by atoms with Gasteiger partial charge < -0.3 is 4.90 Å². The topological polar surface area (TPSA) is 63.9 Å². The smallest absolute Gasteiger partial charge is 0.244 e. The molecular weight excluding hydrogens is 242 g/mol. The first-order valence-electron chi connectivity index (χ1n) is 6.21. The van der Waals surface area contributed by atoms with E-state index in [1.54, 1.807) is 0 Å². The van der Waals surface area contributed by atoms with Gasteiger partial charge in [0, 0.05) is 12.6 Å². The predicted octanol–water partition coefficient (Wildman–Crippen LogP) is 1.11. The van der Waals surface area contributed by atoms with Crippen molar-refractivity contribution in [3.8, 4) is 0 Å². The molecule has 0 fully saturated rings. The quantitative estimate of drug-likeness (QED) is 0.807. The molecule has 0 aliphatic rings. The van der Waals surface area contributed by atoms with E-state index in [1.807, 2.05) is 49.1 Å². The maximum absolute atomic E-state index is 12.3. The van der Waals surface area contributed by atoms with E-state index < -0.39 is 0 Å². The number of hydrogen-bond acceptors (Lipinski definition) is 4. The molecule has 0 aliphatic heterocycles. The Morgan fingerprint density at radius 2 is 2.05 bits per heavy atom. The lowest BCUT2D eigenvalue weighted by Gasteiger charge is -2.26. The summed E-state index contributed by atoms with van der Waals surface area (Å²) >= 11 is 0. The van der Waals surface area contributed by atoms with Crippen LogP contribution in [-0.4, -0.2) is 37.1 Å². The summed E-state index contributed by atoms with van der Waals surface area (Å²) < 4.78 is 1.43. The zero-order valence-corrected chi connectivity index (χ0v) is 11.1. The van der Waals surface area contributed by atoms with E-state index in [2.05, 4.69) is 15.5 Å². The van der Waals surface area contributed by atoms with Gasteiger partial charge >= 0.3 is 0 Å². The minimum Gasteiger partial charge on any atom is -0.334 e. The van der Waals surface area contributed by atoms with Crippen molar-refractivity contribution >= 4 is 5.91 Å². The molecule has 6 nitrogen and oxygen atoms in total. The highest BCUT2D eigenvalue weighted by atomic mass is 16.2. The van der Waals surface area contributed by atoms with Gasteiger partial charge in [0.25, 0.3) is 0 Å². The highest BCUT2D eigenvalue weighted by Gasteiger charge is 2.18. The Morgan fingerprint density at radius 1 is 1.32 bits per heavy atom. The monoisotopic (exact) mass is 259 g/mol. The highest BCUT2D eigenvalue weighted by Crippen LogP contribution is 2.09. The van der Waals surface area contributed by atoms with Gasteiger partial charge in [-0.2, -0.15) is 0 Å². The van der Waals surface area contributed by atoms with Crippen molar-refractivity contribution in [2.45, 2.75) is 33.0 Å². The lowest BCUT2D eigenvalue weighted by molar-refractivity contribution is -0.134. The first kappa shape index (κ1) is 13.2. The number of carbonyl (C=O) groups excluding carboxylic acids is 1. The van der Waals surface area contributed by atoms with Gasteiger partial charge in [-0.1, -0.05) is 30.3 Å². The molecule has 1 heterocycles. The fourth-order valence-corrected chi connectivity index (χ4v) is 1.82. The fourth-order valence-electron chi connectivity index (χ4n) is 1.82. The van der Waals surface area contributed by atoms with Crippen LogP contribution >= 0.6 is 0 Å². The Hall–Kier alpha value is -2.24. The minimum absolute atomic E-state index is 0.00570. The molecule has 100 valence electrons. The summed E-state index contributed by atoms with van der Waals surface area (Å²) in [7, 11) is 0. The molecule has 1 amide bonds. The van der Waals surface area contributed by atoms with E-state index in [9.17, 15) is 4.79 Å². The Bertz CT molecular complexity index is 509. The van der Waals surface area contributed by atoms with Crippen LogP contribution in [0, 0.1) is 0 Å². The third-order valence-corrected chi connectivity index (χ3v) is 2.83. The molecule has 19 heavy (non-hydrogen) atoms.